The van der Waals surface area contributed by atoms with Crippen molar-refractivity contribution in [1.82, 2.24) is 10.6 Å². The Hall–Kier alpha value is -0.570. The first-order valence-corrected chi connectivity index (χ1v) is 6.14. The largest absolute Gasteiger partial charge is 0.355 e. The molecule has 15 heavy (non-hydrogen) atoms. The number of carbonyl (C=O) groups excluding carboxylic acids is 1. The topological polar surface area (TPSA) is 41.1 Å². The number of amides is 1. The van der Waals surface area contributed by atoms with E-state index in [1.54, 1.807) is 0 Å². The summed E-state index contributed by atoms with van der Waals surface area (Å²) >= 11 is 0. The fourth-order valence-corrected chi connectivity index (χ4v) is 1.33. The Morgan fingerprint density at radius 3 is 2.53 bits per heavy atom. The molecule has 0 aromatic heterocycles. The molecule has 2 N–H and O–H groups in total. The predicted octanol–water partition coefficient (Wildman–Crippen LogP) is 1.93. The molecule has 0 aromatic carbocycles. The molecule has 0 spiro atoms. The highest BCUT2D eigenvalue weighted by Gasteiger charge is 1.98. The number of nitrogens with one attached hydrogen (secondary N) is 2. The molecule has 0 unspecified atom stereocenters. The van der Waals surface area contributed by atoms with Gasteiger partial charge in [0.2, 0.25) is 5.91 Å². The smallest absolute Gasteiger partial charge is 0.233 e. The van der Waals surface area contributed by atoms with Gasteiger partial charge in [0, 0.05) is 6.54 Å². The molecular formula is C12H26N2O. The highest BCUT2D eigenvalue weighted by molar-refractivity contribution is 5.77. The van der Waals surface area contributed by atoms with Gasteiger partial charge in [-0.1, -0.05) is 33.6 Å². The number of hydrogen-bond acceptors (Lipinski definition) is 2. The van der Waals surface area contributed by atoms with E-state index in [2.05, 4.69) is 31.4 Å². The Morgan fingerprint density at radius 2 is 1.93 bits per heavy atom. The van der Waals surface area contributed by atoms with Gasteiger partial charge in [-0.15, -0.1) is 0 Å². The third-order valence-corrected chi connectivity index (χ3v) is 2.24. The molecular weight excluding hydrogens is 188 g/mol. The van der Waals surface area contributed by atoms with Crippen LogP contribution in [0.3, 0.4) is 0 Å². The second-order valence-electron chi connectivity index (χ2n) is 4.42. The van der Waals surface area contributed by atoms with E-state index in [-0.39, 0.29) is 5.91 Å². The Bertz CT molecular complexity index is 158. The molecule has 0 radical (unpaired) electrons. The lowest BCUT2D eigenvalue weighted by Gasteiger charge is -2.06. The predicted molar refractivity (Wildman–Crippen MR) is 64.9 cm³/mol. The summed E-state index contributed by atoms with van der Waals surface area (Å²) in [5.41, 5.74) is 0. The van der Waals surface area contributed by atoms with E-state index < -0.39 is 0 Å². The molecule has 0 atom stereocenters. The highest BCUT2D eigenvalue weighted by atomic mass is 16.1. The Balaban J connectivity index is 3.13. The van der Waals surface area contributed by atoms with Crippen molar-refractivity contribution in [3.8, 4) is 0 Å². The van der Waals surface area contributed by atoms with Crippen LogP contribution in [0.2, 0.25) is 0 Å². The van der Waals surface area contributed by atoms with E-state index in [1.165, 1.54) is 19.3 Å². The van der Waals surface area contributed by atoms with Crippen LogP contribution in [0.4, 0.5) is 0 Å². The number of hydrogen-bond donors (Lipinski definition) is 2. The van der Waals surface area contributed by atoms with Crippen molar-refractivity contribution in [2.45, 2.75) is 46.5 Å². The quantitative estimate of drug-likeness (QED) is 0.576. The normalized spacial score (nSPS) is 10.7. The van der Waals surface area contributed by atoms with Gasteiger partial charge in [0.15, 0.2) is 0 Å². The molecule has 0 rings (SSSR count). The van der Waals surface area contributed by atoms with Crippen molar-refractivity contribution in [1.29, 1.82) is 0 Å². The molecule has 90 valence electrons. The van der Waals surface area contributed by atoms with Gasteiger partial charge in [0.1, 0.15) is 0 Å². The van der Waals surface area contributed by atoms with Gasteiger partial charge in [0.25, 0.3) is 0 Å². The standard InChI is InChI=1S/C12H26N2O/c1-4-8-14-12(15)10-13-9-6-5-7-11(2)3/h11,13H,4-10H2,1-3H3,(H,14,15). The van der Waals surface area contributed by atoms with Gasteiger partial charge in [0.05, 0.1) is 6.54 Å². The summed E-state index contributed by atoms with van der Waals surface area (Å²) in [5, 5.41) is 6.00. The van der Waals surface area contributed by atoms with Crippen LogP contribution in [0.1, 0.15) is 46.5 Å². The second-order valence-corrected chi connectivity index (χ2v) is 4.42. The van der Waals surface area contributed by atoms with Gasteiger partial charge < -0.3 is 10.6 Å². The summed E-state index contributed by atoms with van der Waals surface area (Å²) in [5.74, 6) is 0.901. The monoisotopic (exact) mass is 214 g/mol. The summed E-state index contributed by atoms with van der Waals surface area (Å²) in [6.07, 6.45) is 4.70. The second kappa shape index (κ2) is 9.97. The average molecular weight is 214 g/mol. The van der Waals surface area contributed by atoms with Crippen LogP contribution in [0.15, 0.2) is 0 Å². The van der Waals surface area contributed by atoms with Crippen molar-refractivity contribution < 1.29 is 4.79 Å². The lowest BCUT2D eigenvalue weighted by atomic mass is 10.1. The molecule has 0 saturated carbocycles. The van der Waals surface area contributed by atoms with Crippen LogP contribution in [-0.2, 0) is 4.79 Å². The highest BCUT2D eigenvalue weighted by Crippen LogP contribution is 2.04. The number of unbranched alkanes of at least 4 members (excludes halogenated alkanes) is 1. The van der Waals surface area contributed by atoms with Gasteiger partial charge in [-0.3, -0.25) is 4.79 Å². The fraction of sp³-hybridized carbons (Fsp3) is 0.917. The Morgan fingerprint density at radius 1 is 1.20 bits per heavy atom. The molecule has 0 heterocycles. The maximum Gasteiger partial charge on any atom is 0.233 e. The van der Waals surface area contributed by atoms with Crippen molar-refractivity contribution in [2.75, 3.05) is 19.6 Å². The lowest BCUT2D eigenvalue weighted by Crippen LogP contribution is -2.34. The van der Waals surface area contributed by atoms with Crippen molar-refractivity contribution in [3.63, 3.8) is 0 Å². The van der Waals surface area contributed by atoms with Crippen LogP contribution in [0, 0.1) is 5.92 Å². The molecule has 0 aliphatic rings. The molecule has 1 amide bonds. The van der Waals surface area contributed by atoms with Crippen molar-refractivity contribution >= 4 is 5.91 Å². The van der Waals surface area contributed by atoms with E-state index in [9.17, 15) is 4.79 Å². The van der Waals surface area contributed by atoms with Crippen molar-refractivity contribution in [3.05, 3.63) is 0 Å². The molecule has 3 heteroatoms. The first kappa shape index (κ1) is 14.4. The minimum atomic E-state index is 0.112. The van der Waals surface area contributed by atoms with Gasteiger partial charge in [-0.05, 0) is 25.3 Å². The maximum absolute atomic E-state index is 11.2. The molecule has 3 nitrogen and oxygen atoms in total. The van der Waals surface area contributed by atoms with E-state index >= 15 is 0 Å². The zero-order valence-corrected chi connectivity index (χ0v) is 10.4. The molecule has 0 bridgehead atoms. The van der Waals surface area contributed by atoms with Gasteiger partial charge in [-0.2, -0.15) is 0 Å². The number of rotatable bonds is 9. The molecule has 0 aliphatic heterocycles. The summed E-state index contributed by atoms with van der Waals surface area (Å²) in [6.45, 7) is 8.73. The minimum absolute atomic E-state index is 0.112. The molecule has 0 aromatic rings. The maximum atomic E-state index is 11.2. The summed E-state index contributed by atoms with van der Waals surface area (Å²) < 4.78 is 0. The van der Waals surface area contributed by atoms with E-state index in [4.69, 9.17) is 0 Å². The molecule has 0 aliphatic carbocycles. The zero-order valence-electron chi connectivity index (χ0n) is 10.4. The fourth-order valence-electron chi connectivity index (χ4n) is 1.33. The van der Waals surface area contributed by atoms with Crippen LogP contribution < -0.4 is 10.6 Å². The average Bonchev–Trinajstić information content (AvgIpc) is 2.19. The first-order valence-electron chi connectivity index (χ1n) is 6.14. The van der Waals surface area contributed by atoms with Gasteiger partial charge >= 0.3 is 0 Å². The van der Waals surface area contributed by atoms with Crippen molar-refractivity contribution in [2.24, 2.45) is 5.92 Å². The third kappa shape index (κ3) is 11.4. The van der Waals surface area contributed by atoms with Crippen LogP contribution in [0.5, 0.6) is 0 Å². The van der Waals surface area contributed by atoms with Crippen LogP contribution in [-0.4, -0.2) is 25.5 Å². The summed E-state index contributed by atoms with van der Waals surface area (Å²) in [4.78, 5) is 11.2. The van der Waals surface area contributed by atoms with E-state index in [0.29, 0.717) is 6.54 Å². The van der Waals surface area contributed by atoms with Crippen LogP contribution in [0.25, 0.3) is 0 Å². The zero-order chi connectivity index (χ0) is 11.5. The molecule has 0 saturated heterocycles. The SMILES string of the molecule is CCCNC(=O)CNCCCCC(C)C. The molecule has 0 fully saturated rings. The lowest BCUT2D eigenvalue weighted by molar-refractivity contribution is -0.120. The van der Waals surface area contributed by atoms with E-state index in [1.807, 2.05) is 0 Å². The first-order chi connectivity index (χ1) is 7.16. The third-order valence-electron chi connectivity index (χ3n) is 2.24. The van der Waals surface area contributed by atoms with Gasteiger partial charge in [-0.25, -0.2) is 0 Å². The Labute approximate surface area is 94.0 Å². The van der Waals surface area contributed by atoms with E-state index in [0.717, 1.165) is 25.4 Å². The Kier molecular flexibility index (Phi) is 9.59. The number of carbonyl (C=O) groups is 1. The minimum Gasteiger partial charge on any atom is -0.355 e. The summed E-state index contributed by atoms with van der Waals surface area (Å²) in [7, 11) is 0. The van der Waals surface area contributed by atoms with Crippen LogP contribution >= 0.6 is 0 Å². The summed E-state index contributed by atoms with van der Waals surface area (Å²) in [6, 6.07) is 0.